The van der Waals surface area contributed by atoms with Gasteiger partial charge < -0.3 is 14.3 Å². The summed E-state index contributed by atoms with van der Waals surface area (Å²) in [6.45, 7) is 4.77. The van der Waals surface area contributed by atoms with Crippen molar-refractivity contribution < 1.29 is 4.42 Å². The highest BCUT2D eigenvalue weighted by molar-refractivity contribution is 5.00. The van der Waals surface area contributed by atoms with E-state index in [2.05, 4.69) is 21.8 Å². The Morgan fingerprint density at radius 2 is 2.38 bits per heavy atom. The van der Waals surface area contributed by atoms with Crippen molar-refractivity contribution in [1.29, 1.82) is 0 Å². The molecule has 0 atom stereocenters. The SMILES string of the molecule is CCCn1cncc1CNCc1ccco1. The first-order valence-corrected chi connectivity index (χ1v) is 5.62. The summed E-state index contributed by atoms with van der Waals surface area (Å²) in [5.41, 5.74) is 1.22. The molecule has 1 N–H and O–H groups in total. The third-order valence-electron chi connectivity index (χ3n) is 2.45. The van der Waals surface area contributed by atoms with Crippen LogP contribution in [0.25, 0.3) is 0 Å². The molecule has 2 aromatic heterocycles. The van der Waals surface area contributed by atoms with Crippen molar-refractivity contribution in [2.45, 2.75) is 33.0 Å². The van der Waals surface area contributed by atoms with Crippen LogP contribution in [0.15, 0.2) is 35.3 Å². The van der Waals surface area contributed by atoms with E-state index in [1.807, 2.05) is 24.7 Å². The molecule has 2 rings (SSSR count). The van der Waals surface area contributed by atoms with Gasteiger partial charge in [0.1, 0.15) is 5.76 Å². The molecule has 0 unspecified atom stereocenters. The Hall–Kier alpha value is -1.55. The third-order valence-corrected chi connectivity index (χ3v) is 2.45. The standard InChI is InChI=1S/C12H17N3O/c1-2-5-15-10-14-8-11(15)7-13-9-12-4-3-6-16-12/h3-4,6,8,10,13H,2,5,7,9H2,1H3. The van der Waals surface area contributed by atoms with Crippen molar-refractivity contribution in [3.8, 4) is 0 Å². The van der Waals surface area contributed by atoms with Gasteiger partial charge in [-0.1, -0.05) is 6.92 Å². The van der Waals surface area contributed by atoms with Gasteiger partial charge in [0.25, 0.3) is 0 Å². The van der Waals surface area contributed by atoms with Crippen molar-refractivity contribution in [3.05, 3.63) is 42.4 Å². The third kappa shape index (κ3) is 2.73. The summed E-state index contributed by atoms with van der Waals surface area (Å²) in [6.07, 6.45) is 6.61. The van der Waals surface area contributed by atoms with Gasteiger partial charge in [0, 0.05) is 19.3 Å². The molecule has 0 fully saturated rings. The molecule has 0 radical (unpaired) electrons. The molecule has 0 aliphatic rings. The monoisotopic (exact) mass is 219 g/mol. The zero-order chi connectivity index (χ0) is 11.2. The summed E-state index contributed by atoms with van der Waals surface area (Å²) in [7, 11) is 0. The number of hydrogen-bond acceptors (Lipinski definition) is 3. The number of imidazole rings is 1. The Balaban J connectivity index is 1.82. The van der Waals surface area contributed by atoms with E-state index in [9.17, 15) is 0 Å². The van der Waals surface area contributed by atoms with Gasteiger partial charge in [-0.25, -0.2) is 4.98 Å². The summed E-state index contributed by atoms with van der Waals surface area (Å²) in [6, 6.07) is 3.87. The van der Waals surface area contributed by atoms with E-state index in [0.29, 0.717) is 0 Å². The average Bonchev–Trinajstić information content (AvgIpc) is 2.91. The number of hydrogen-bond donors (Lipinski definition) is 1. The fraction of sp³-hybridized carbons (Fsp3) is 0.417. The fourth-order valence-electron chi connectivity index (χ4n) is 1.66. The predicted octanol–water partition coefficient (Wildman–Crippen LogP) is 2.18. The summed E-state index contributed by atoms with van der Waals surface area (Å²) in [5.74, 6) is 0.960. The van der Waals surface area contributed by atoms with Gasteiger partial charge in [0.2, 0.25) is 0 Å². The van der Waals surface area contributed by atoms with E-state index in [0.717, 1.165) is 31.8 Å². The lowest BCUT2D eigenvalue weighted by Crippen LogP contribution is -2.15. The lowest BCUT2D eigenvalue weighted by atomic mass is 10.4. The van der Waals surface area contributed by atoms with E-state index in [-0.39, 0.29) is 0 Å². The highest BCUT2D eigenvalue weighted by Crippen LogP contribution is 2.02. The first-order valence-electron chi connectivity index (χ1n) is 5.62. The Morgan fingerprint density at radius 1 is 1.44 bits per heavy atom. The average molecular weight is 219 g/mol. The van der Waals surface area contributed by atoms with Gasteiger partial charge in [-0.2, -0.15) is 0 Å². The molecule has 0 saturated carbocycles. The second-order valence-electron chi connectivity index (χ2n) is 3.76. The molecule has 16 heavy (non-hydrogen) atoms. The Kier molecular flexibility index (Phi) is 3.77. The first kappa shape index (κ1) is 11.0. The molecule has 0 spiro atoms. The van der Waals surface area contributed by atoms with Gasteiger partial charge in [-0.15, -0.1) is 0 Å². The minimum absolute atomic E-state index is 0.754. The number of aromatic nitrogens is 2. The first-order chi connectivity index (χ1) is 7.90. The molecule has 2 heterocycles. The lowest BCUT2D eigenvalue weighted by Gasteiger charge is -2.06. The number of nitrogens with zero attached hydrogens (tertiary/aromatic N) is 2. The zero-order valence-corrected chi connectivity index (χ0v) is 9.52. The number of furan rings is 1. The second-order valence-corrected chi connectivity index (χ2v) is 3.76. The van der Waals surface area contributed by atoms with Crippen LogP contribution in [0, 0.1) is 0 Å². The Labute approximate surface area is 95.3 Å². The molecule has 0 bridgehead atoms. The van der Waals surface area contributed by atoms with Gasteiger partial charge in [-0.05, 0) is 18.6 Å². The molecular weight excluding hydrogens is 202 g/mol. The summed E-state index contributed by atoms with van der Waals surface area (Å²) in [5, 5.41) is 3.33. The molecule has 4 heteroatoms. The maximum atomic E-state index is 5.25. The van der Waals surface area contributed by atoms with E-state index in [1.165, 1.54) is 5.69 Å². The number of nitrogens with one attached hydrogen (secondary N) is 1. The summed E-state index contributed by atoms with van der Waals surface area (Å²) in [4.78, 5) is 4.16. The lowest BCUT2D eigenvalue weighted by molar-refractivity contribution is 0.478. The van der Waals surface area contributed by atoms with Crippen molar-refractivity contribution >= 4 is 0 Å². The van der Waals surface area contributed by atoms with Crippen LogP contribution in [0.2, 0.25) is 0 Å². The van der Waals surface area contributed by atoms with Crippen molar-refractivity contribution in [2.24, 2.45) is 0 Å². The van der Waals surface area contributed by atoms with Gasteiger partial charge in [-0.3, -0.25) is 0 Å². The minimum Gasteiger partial charge on any atom is -0.468 e. The second kappa shape index (κ2) is 5.51. The van der Waals surface area contributed by atoms with Crippen LogP contribution in [0.1, 0.15) is 24.8 Å². The van der Waals surface area contributed by atoms with Crippen LogP contribution in [-0.2, 0) is 19.6 Å². The summed E-state index contributed by atoms with van der Waals surface area (Å²) < 4.78 is 7.42. The predicted molar refractivity (Wildman–Crippen MR) is 61.8 cm³/mol. The van der Waals surface area contributed by atoms with Crippen molar-refractivity contribution in [3.63, 3.8) is 0 Å². The molecule has 0 aliphatic carbocycles. The van der Waals surface area contributed by atoms with Crippen LogP contribution in [-0.4, -0.2) is 9.55 Å². The van der Waals surface area contributed by atoms with Crippen LogP contribution < -0.4 is 5.32 Å². The molecule has 0 aromatic carbocycles. The molecule has 2 aromatic rings. The highest BCUT2D eigenvalue weighted by Gasteiger charge is 2.01. The van der Waals surface area contributed by atoms with Gasteiger partial charge in [0.05, 0.1) is 24.8 Å². The molecular formula is C12H17N3O. The fourth-order valence-corrected chi connectivity index (χ4v) is 1.66. The molecule has 0 saturated heterocycles. The van der Waals surface area contributed by atoms with E-state index in [1.54, 1.807) is 6.26 Å². The van der Waals surface area contributed by atoms with E-state index in [4.69, 9.17) is 4.42 Å². The van der Waals surface area contributed by atoms with Crippen LogP contribution in [0.5, 0.6) is 0 Å². The van der Waals surface area contributed by atoms with Crippen LogP contribution in [0.3, 0.4) is 0 Å². The van der Waals surface area contributed by atoms with Gasteiger partial charge >= 0.3 is 0 Å². The topological polar surface area (TPSA) is 43.0 Å². The Morgan fingerprint density at radius 3 is 3.12 bits per heavy atom. The maximum Gasteiger partial charge on any atom is 0.117 e. The zero-order valence-electron chi connectivity index (χ0n) is 9.52. The quantitative estimate of drug-likeness (QED) is 0.809. The highest BCUT2D eigenvalue weighted by atomic mass is 16.3. The van der Waals surface area contributed by atoms with Crippen LogP contribution in [0.4, 0.5) is 0 Å². The molecule has 0 aliphatic heterocycles. The van der Waals surface area contributed by atoms with Crippen molar-refractivity contribution in [2.75, 3.05) is 0 Å². The largest absolute Gasteiger partial charge is 0.468 e. The molecule has 86 valence electrons. The summed E-state index contributed by atoms with van der Waals surface area (Å²) >= 11 is 0. The molecule has 4 nitrogen and oxygen atoms in total. The smallest absolute Gasteiger partial charge is 0.117 e. The minimum atomic E-state index is 0.754. The van der Waals surface area contributed by atoms with E-state index < -0.39 is 0 Å². The number of aryl methyl sites for hydroxylation is 1. The van der Waals surface area contributed by atoms with Crippen molar-refractivity contribution in [1.82, 2.24) is 14.9 Å². The number of rotatable bonds is 6. The Bertz CT molecular complexity index is 406. The maximum absolute atomic E-state index is 5.25. The molecule has 0 amide bonds. The van der Waals surface area contributed by atoms with E-state index >= 15 is 0 Å². The normalized spacial score (nSPS) is 10.8. The van der Waals surface area contributed by atoms with Crippen LogP contribution >= 0.6 is 0 Å². The van der Waals surface area contributed by atoms with Gasteiger partial charge in [0.15, 0.2) is 0 Å².